The van der Waals surface area contributed by atoms with Crippen molar-refractivity contribution in [1.82, 2.24) is 10.2 Å². The van der Waals surface area contributed by atoms with Crippen molar-refractivity contribution in [2.45, 2.75) is 18.3 Å². The third-order valence-electron chi connectivity index (χ3n) is 4.54. The van der Waals surface area contributed by atoms with Gasteiger partial charge in [-0.05, 0) is 30.5 Å². The van der Waals surface area contributed by atoms with Gasteiger partial charge in [0, 0.05) is 44.4 Å². The monoisotopic (exact) mass is 344 g/mol. The Balaban J connectivity index is 0.00000176. The van der Waals surface area contributed by atoms with Crippen LogP contribution >= 0.6 is 24.0 Å². The Labute approximate surface area is 142 Å². The molecule has 1 aromatic carbocycles. The van der Waals surface area contributed by atoms with Gasteiger partial charge >= 0.3 is 0 Å². The van der Waals surface area contributed by atoms with E-state index in [1.807, 2.05) is 29.2 Å². The summed E-state index contributed by atoms with van der Waals surface area (Å²) in [5.74, 6) is 0.231. The molecule has 1 N–H and O–H groups in total. The van der Waals surface area contributed by atoms with Gasteiger partial charge in [0.2, 0.25) is 5.91 Å². The summed E-state index contributed by atoms with van der Waals surface area (Å²) in [7, 11) is 0. The van der Waals surface area contributed by atoms with E-state index in [1.54, 1.807) is 0 Å². The van der Waals surface area contributed by atoms with E-state index in [2.05, 4.69) is 5.32 Å². The molecule has 2 fully saturated rings. The number of hydrogen-bond acceptors (Lipinski definition) is 3. The highest BCUT2D eigenvalue weighted by molar-refractivity contribution is 6.30. The van der Waals surface area contributed by atoms with Crippen LogP contribution in [0.15, 0.2) is 24.3 Å². The van der Waals surface area contributed by atoms with Gasteiger partial charge < -0.3 is 15.0 Å². The summed E-state index contributed by atoms with van der Waals surface area (Å²) in [6.07, 6.45) is 1.46. The van der Waals surface area contributed by atoms with E-state index in [9.17, 15) is 4.79 Å². The molecule has 0 saturated carbocycles. The van der Waals surface area contributed by atoms with Crippen molar-refractivity contribution >= 4 is 29.9 Å². The topological polar surface area (TPSA) is 41.6 Å². The van der Waals surface area contributed by atoms with Crippen LogP contribution in [0.2, 0.25) is 5.02 Å². The van der Waals surface area contributed by atoms with Crippen molar-refractivity contribution in [1.29, 1.82) is 0 Å². The lowest BCUT2D eigenvalue weighted by Gasteiger charge is -2.41. The van der Waals surface area contributed by atoms with Gasteiger partial charge in [-0.2, -0.15) is 0 Å². The minimum Gasteiger partial charge on any atom is -0.381 e. The van der Waals surface area contributed by atoms with Gasteiger partial charge in [0.1, 0.15) is 0 Å². The molecule has 2 aliphatic heterocycles. The molecule has 22 heavy (non-hydrogen) atoms. The second-order valence-corrected chi connectivity index (χ2v) is 6.18. The van der Waals surface area contributed by atoms with E-state index in [0.29, 0.717) is 18.2 Å². The number of halogens is 2. The molecule has 0 aromatic heterocycles. The van der Waals surface area contributed by atoms with Crippen molar-refractivity contribution in [2.75, 3.05) is 39.4 Å². The van der Waals surface area contributed by atoms with Crippen LogP contribution in [-0.2, 0) is 14.9 Å². The molecule has 2 saturated heterocycles. The lowest BCUT2D eigenvalue weighted by atomic mass is 9.73. The summed E-state index contributed by atoms with van der Waals surface area (Å²) < 4.78 is 5.50. The zero-order chi connectivity index (χ0) is 14.7. The SMILES string of the molecule is Cl.O=C(N1CCNCC1)C1(c2cccc(Cl)c2)CCOCC1. The van der Waals surface area contributed by atoms with Crippen molar-refractivity contribution in [2.24, 2.45) is 0 Å². The largest absolute Gasteiger partial charge is 0.381 e. The maximum atomic E-state index is 13.2. The number of benzene rings is 1. The van der Waals surface area contributed by atoms with Gasteiger partial charge in [0.15, 0.2) is 0 Å². The second-order valence-electron chi connectivity index (χ2n) is 5.75. The maximum absolute atomic E-state index is 13.2. The van der Waals surface area contributed by atoms with Crippen molar-refractivity contribution < 1.29 is 9.53 Å². The number of carbonyl (C=O) groups excluding carboxylic acids is 1. The highest BCUT2D eigenvalue weighted by Gasteiger charge is 2.44. The van der Waals surface area contributed by atoms with Crippen LogP contribution in [0.25, 0.3) is 0 Å². The van der Waals surface area contributed by atoms with Crippen molar-refractivity contribution in [3.63, 3.8) is 0 Å². The minimum atomic E-state index is -0.472. The number of hydrogen-bond donors (Lipinski definition) is 1. The predicted molar refractivity (Wildman–Crippen MR) is 89.9 cm³/mol. The molecule has 0 radical (unpaired) electrons. The van der Waals surface area contributed by atoms with E-state index in [0.717, 1.165) is 44.6 Å². The summed E-state index contributed by atoms with van der Waals surface area (Å²) >= 11 is 6.15. The molecule has 122 valence electrons. The molecule has 0 bridgehead atoms. The average Bonchev–Trinajstić information content (AvgIpc) is 2.55. The minimum absolute atomic E-state index is 0. The van der Waals surface area contributed by atoms with Gasteiger partial charge in [-0.15, -0.1) is 12.4 Å². The molecule has 2 heterocycles. The van der Waals surface area contributed by atoms with E-state index < -0.39 is 5.41 Å². The molecule has 4 nitrogen and oxygen atoms in total. The number of nitrogens with zero attached hydrogens (tertiary/aromatic N) is 1. The first-order valence-electron chi connectivity index (χ1n) is 7.56. The smallest absolute Gasteiger partial charge is 0.233 e. The Morgan fingerprint density at radius 2 is 1.91 bits per heavy atom. The number of carbonyl (C=O) groups is 1. The summed E-state index contributed by atoms with van der Waals surface area (Å²) in [5, 5.41) is 3.98. The molecule has 0 aliphatic carbocycles. The van der Waals surface area contributed by atoms with Crippen molar-refractivity contribution in [3.05, 3.63) is 34.9 Å². The van der Waals surface area contributed by atoms with E-state index in [4.69, 9.17) is 16.3 Å². The lowest BCUT2D eigenvalue weighted by Crippen LogP contribution is -2.55. The first kappa shape index (κ1) is 17.5. The maximum Gasteiger partial charge on any atom is 0.233 e. The Morgan fingerprint density at radius 3 is 2.55 bits per heavy atom. The zero-order valence-corrected chi connectivity index (χ0v) is 14.1. The highest BCUT2D eigenvalue weighted by Crippen LogP contribution is 2.37. The lowest BCUT2D eigenvalue weighted by molar-refractivity contribution is -0.142. The summed E-state index contributed by atoms with van der Waals surface area (Å²) in [6, 6.07) is 7.75. The van der Waals surface area contributed by atoms with Crippen LogP contribution in [0.3, 0.4) is 0 Å². The summed E-state index contributed by atoms with van der Waals surface area (Å²) in [6.45, 7) is 4.56. The quantitative estimate of drug-likeness (QED) is 0.894. The van der Waals surface area contributed by atoms with E-state index in [-0.39, 0.29) is 18.3 Å². The Morgan fingerprint density at radius 1 is 1.23 bits per heavy atom. The second kappa shape index (κ2) is 7.64. The summed E-state index contributed by atoms with van der Waals surface area (Å²) in [4.78, 5) is 15.2. The molecule has 0 spiro atoms. The Hall–Kier alpha value is -0.810. The van der Waals surface area contributed by atoms with Crippen LogP contribution in [-0.4, -0.2) is 50.2 Å². The normalized spacial score (nSPS) is 21.0. The molecule has 1 amide bonds. The van der Waals surface area contributed by atoms with Crippen molar-refractivity contribution in [3.8, 4) is 0 Å². The third-order valence-corrected chi connectivity index (χ3v) is 4.77. The molecule has 1 aromatic rings. The fourth-order valence-corrected chi connectivity index (χ4v) is 3.49. The van der Waals surface area contributed by atoms with Gasteiger partial charge in [-0.1, -0.05) is 23.7 Å². The Bertz CT molecular complexity index is 513. The summed E-state index contributed by atoms with van der Waals surface area (Å²) in [5.41, 5.74) is 0.558. The number of piperazine rings is 1. The zero-order valence-electron chi connectivity index (χ0n) is 12.5. The standard InChI is InChI=1S/C16H21ClN2O2.ClH/c17-14-3-1-2-13(12-14)16(4-10-21-11-5-16)15(20)19-8-6-18-7-9-19;/h1-3,12,18H,4-11H2;1H. The van der Waals surface area contributed by atoms with Gasteiger partial charge in [0.25, 0.3) is 0 Å². The van der Waals surface area contributed by atoms with Gasteiger partial charge in [0.05, 0.1) is 5.41 Å². The number of nitrogens with one attached hydrogen (secondary N) is 1. The van der Waals surface area contributed by atoms with E-state index in [1.165, 1.54) is 0 Å². The van der Waals surface area contributed by atoms with Gasteiger partial charge in [-0.3, -0.25) is 4.79 Å². The van der Waals surface area contributed by atoms with Crippen LogP contribution in [0, 0.1) is 0 Å². The molecule has 2 aliphatic rings. The molecule has 3 rings (SSSR count). The van der Waals surface area contributed by atoms with Crippen LogP contribution in [0.4, 0.5) is 0 Å². The van der Waals surface area contributed by atoms with Crippen LogP contribution in [0.5, 0.6) is 0 Å². The average molecular weight is 345 g/mol. The van der Waals surface area contributed by atoms with Gasteiger partial charge in [-0.25, -0.2) is 0 Å². The van der Waals surface area contributed by atoms with Crippen LogP contribution < -0.4 is 5.32 Å². The van der Waals surface area contributed by atoms with Crippen LogP contribution in [0.1, 0.15) is 18.4 Å². The number of amides is 1. The van der Waals surface area contributed by atoms with E-state index >= 15 is 0 Å². The third kappa shape index (κ3) is 3.40. The number of ether oxygens (including phenoxy) is 1. The fraction of sp³-hybridized carbons (Fsp3) is 0.562. The molecule has 0 unspecified atom stereocenters. The molecule has 6 heteroatoms. The fourth-order valence-electron chi connectivity index (χ4n) is 3.30. The Kier molecular flexibility index (Phi) is 6.09. The number of rotatable bonds is 2. The first-order chi connectivity index (χ1) is 10.2. The predicted octanol–water partition coefficient (Wildman–Crippen LogP) is 2.24. The molecular weight excluding hydrogens is 323 g/mol. The highest BCUT2D eigenvalue weighted by atomic mass is 35.5. The first-order valence-corrected chi connectivity index (χ1v) is 7.94. The molecule has 0 atom stereocenters. The molecular formula is C16H22Cl2N2O2.